The van der Waals surface area contributed by atoms with Crippen molar-refractivity contribution < 1.29 is 49.0 Å². The molecule has 0 N–H and O–H groups in total. The maximum Gasteiger partial charge on any atom is 0.416 e. The molecule has 0 saturated carbocycles. The molecule has 1 unspecified atom stereocenters. The summed E-state index contributed by atoms with van der Waals surface area (Å²) in [5.41, 5.74) is -7.42. The van der Waals surface area contributed by atoms with Crippen LogP contribution in [0.15, 0.2) is 45.9 Å². The SMILES string of the molecule is CC(=O)OCc1ccc(C2=NCC(c3cc(C(F)(F)F)cc(C(F)(F)F)c3)(C(F)(F)F)C2)cc1Br. The molecule has 1 aliphatic rings. The third-order valence-corrected chi connectivity index (χ3v) is 6.25. The monoisotopic (exact) mass is 575 g/mol. The second-order valence-corrected chi connectivity index (χ2v) is 8.75. The summed E-state index contributed by atoms with van der Waals surface area (Å²) in [5, 5.41) is 0. The molecular weight excluding hydrogens is 561 g/mol. The third-order valence-electron chi connectivity index (χ3n) is 5.51. The van der Waals surface area contributed by atoms with Gasteiger partial charge < -0.3 is 4.74 Å². The Bertz CT molecular complexity index is 1140. The van der Waals surface area contributed by atoms with Gasteiger partial charge in [-0.25, -0.2) is 0 Å². The number of carbonyl (C=O) groups excluding carboxylic acids is 1. The van der Waals surface area contributed by atoms with Crippen LogP contribution in [0, 0.1) is 0 Å². The molecule has 1 aliphatic heterocycles. The van der Waals surface area contributed by atoms with Gasteiger partial charge in [-0.15, -0.1) is 0 Å². The van der Waals surface area contributed by atoms with Gasteiger partial charge in [0.15, 0.2) is 0 Å². The van der Waals surface area contributed by atoms with Crippen molar-refractivity contribution in [3.63, 3.8) is 0 Å². The summed E-state index contributed by atoms with van der Waals surface area (Å²) in [7, 11) is 0. The van der Waals surface area contributed by atoms with E-state index in [-0.39, 0.29) is 36.1 Å². The minimum absolute atomic E-state index is 0.0965. The van der Waals surface area contributed by atoms with Gasteiger partial charge in [0.2, 0.25) is 0 Å². The second-order valence-electron chi connectivity index (χ2n) is 7.90. The molecule has 35 heavy (non-hydrogen) atoms. The van der Waals surface area contributed by atoms with E-state index in [2.05, 4.69) is 20.9 Å². The minimum Gasteiger partial charge on any atom is -0.461 e. The number of hydrogen-bond acceptors (Lipinski definition) is 3. The van der Waals surface area contributed by atoms with Crippen LogP contribution in [0.4, 0.5) is 39.5 Å². The predicted octanol–water partition coefficient (Wildman–Crippen LogP) is 7.24. The smallest absolute Gasteiger partial charge is 0.416 e. The maximum atomic E-state index is 14.3. The van der Waals surface area contributed by atoms with Crippen LogP contribution < -0.4 is 0 Å². The summed E-state index contributed by atoms with van der Waals surface area (Å²) in [5.74, 6) is -0.560. The standard InChI is InChI=1S/C22H15BrF9NO2/c1-11(34)35-9-13-3-2-12(4-17(13)23)18-8-19(10-33-18,22(30,31)32)14-5-15(20(24,25)26)7-16(6-14)21(27,28)29/h2-7H,8-10H2,1H3. The van der Waals surface area contributed by atoms with Gasteiger partial charge in [0.1, 0.15) is 12.0 Å². The fourth-order valence-electron chi connectivity index (χ4n) is 3.62. The van der Waals surface area contributed by atoms with Gasteiger partial charge in [0.25, 0.3) is 0 Å². The van der Waals surface area contributed by atoms with E-state index in [1.165, 1.54) is 25.1 Å². The summed E-state index contributed by atoms with van der Waals surface area (Å²) in [4.78, 5) is 14.8. The molecule has 1 heterocycles. The second kappa shape index (κ2) is 9.14. The molecule has 13 heteroatoms. The van der Waals surface area contributed by atoms with Crippen LogP contribution in [0.25, 0.3) is 0 Å². The zero-order valence-corrected chi connectivity index (χ0v) is 19.2. The van der Waals surface area contributed by atoms with Crippen LogP contribution in [0.2, 0.25) is 0 Å². The number of esters is 1. The Morgan fingerprint density at radius 2 is 1.54 bits per heavy atom. The largest absolute Gasteiger partial charge is 0.461 e. The number of benzene rings is 2. The third kappa shape index (κ3) is 5.65. The molecule has 2 aromatic rings. The Hall–Kier alpha value is -2.57. The molecule has 0 aromatic heterocycles. The van der Waals surface area contributed by atoms with Crippen LogP contribution in [0.3, 0.4) is 0 Å². The van der Waals surface area contributed by atoms with Crippen molar-refractivity contribution in [2.24, 2.45) is 4.99 Å². The first-order valence-corrected chi connectivity index (χ1v) is 10.6. The lowest BCUT2D eigenvalue weighted by atomic mass is 9.75. The van der Waals surface area contributed by atoms with Crippen molar-refractivity contribution in [3.05, 3.63) is 68.7 Å². The van der Waals surface area contributed by atoms with E-state index in [1.54, 1.807) is 0 Å². The van der Waals surface area contributed by atoms with Crippen molar-refractivity contribution in [3.8, 4) is 0 Å². The van der Waals surface area contributed by atoms with E-state index in [1.807, 2.05) is 0 Å². The highest BCUT2D eigenvalue weighted by atomic mass is 79.9. The summed E-state index contributed by atoms with van der Waals surface area (Å²) in [6, 6.07) is 4.19. The number of carbonyl (C=O) groups is 1. The fraction of sp³-hybridized carbons (Fsp3) is 0.364. The number of aliphatic imine (C=N–C) groups is 1. The van der Waals surface area contributed by atoms with Gasteiger partial charge in [-0.05, 0) is 35.4 Å². The molecule has 2 aromatic carbocycles. The van der Waals surface area contributed by atoms with Crippen LogP contribution in [0.5, 0.6) is 0 Å². The Morgan fingerprint density at radius 1 is 0.971 bits per heavy atom. The van der Waals surface area contributed by atoms with E-state index >= 15 is 0 Å². The molecule has 0 aliphatic carbocycles. The molecule has 0 bridgehead atoms. The molecule has 0 radical (unpaired) electrons. The molecule has 3 rings (SSSR count). The van der Waals surface area contributed by atoms with Gasteiger partial charge in [0.05, 0.1) is 17.7 Å². The first kappa shape index (κ1) is 27.0. The number of hydrogen-bond donors (Lipinski definition) is 0. The van der Waals surface area contributed by atoms with Gasteiger partial charge in [-0.1, -0.05) is 28.1 Å². The Balaban J connectivity index is 2.05. The predicted molar refractivity (Wildman–Crippen MR) is 110 cm³/mol. The molecule has 3 nitrogen and oxygen atoms in total. The maximum absolute atomic E-state index is 14.3. The minimum atomic E-state index is -5.30. The fourth-order valence-corrected chi connectivity index (χ4v) is 4.12. The summed E-state index contributed by atoms with van der Waals surface area (Å²) >= 11 is 3.20. The highest BCUT2D eigenvalue weighted by Gasteiger charge is 2.59. The van der Waals surface area contributed by atoms with E-state index < -0.39 is 59.6 Å². The Kier molecular flexibility index (Phi) is 7.06. The topological polar surface area (TPSA) is 38.7 Å². The molecule has 0 amide bonds. The molecule has 1 atom stereocenters. The molecule has 190 valence electrons. The molecule has 0 spiro atoms. The number of alkyl halides is 9. The lowest BCUT2D eigenvalue weighted by molar-refractivity contribution is -0.184. The van der Waals surface area contributed by atoms with Crippen molar-refractivity contribution in [2.75, 3.05) is 6.54 Å². The highest BCUT2D eigenvalue weighted by molar-refractivity contribution is 9.10. The Labute approximate surface area is 201 Å². The van der Waals surface area contributed by atoms with Gasteiger partial charge in [0, 0.05) is 29.1 Å². The number of nitrogens with zero attached hydrogens (tertiary/aromatic N) is 1. The normalized spacial score (nSPS) is 19.0. The van der Waals surface area contributed by atoms with E-state index in [4.69, 9.17) is 4.74 Å². The molecule has 0 fully saturated rings. The average Bonchev–Trinajstić information content (AvgIpc) is 3.18. The number of ether oxygens (including phenoxy) is 1. The van der Waals surface area contributed by atoms with Gasteiger partial charge in [-0.2, -0.15) is 39.5 Å². The van der Waals surface area contributed by atoms with Crippen LogP contribution in [-0.2, 0) is 33.9 Å². The lowest BCUT2D eigenvalue weighted by Crippen LogP contribution is -2.44. The van der Waals surface area contributed by atoms with Crippen molar-refractivity contribution in [1.29, 1.82) is 0 Å². The number of rotatable bonds is 4. The molecule has 0 saturated heterocycles. The lowest BCUT2D eigenvalue weighted by Gasteiger charge is -2.32. The highest BCUT2D eigenvalue weighted by Crippen LogP contribution is 2.50. The zero-order chi connectivity index (χ0) is 26.4. The summed E-state index contributed by atoms with van der Waals surface area (Å²) in [6.07, 6.45) is -16.8. The quantitative estimate of drug-likeness (QED) is 0.285. The number of halogens is 10. The first-order valence-electron chi connectivity index (χ1n) is 9.76. The van der Waals surface area contributed by atoms with Gasteiger partial charge >= 0.3 is 24.5 Å². The first-order chi connectivity index (χ1) is 15.9. The van der Waals surface area contributed by atoms with E-state index in [0.29, 0.717) is 10.0 Å². The van der Waals surface area contributed by atoms with Crippen molar-refractivity contribution in [1.82, 2.24) is 0 Å². The van der Waals surface area contributed by atoms with Crippen LogP contribution in [0.1, 0.15) is 41.2 Å². The van der Waals surface area contributed by atoms with Crippen LogP contribution >= 0.6 is 15.9 Å². The average molecular weight is 576 g/mol. The van der Waals surface area contributed by atoms with Crippen molar-refractivity contribution in [2.45, 2.75) is 43.9 Å². The van der Waals surface area contributed by atoms with E-state index in [0.717, 1.165) is 0 Å². The van der Waals surface area contributed by atoms with Crippen LogP contribution in [-0.4, -0.2) is 24.4 Å². The summed E-state index contributed by atoms with van der Waals surface area (Å²) < 4.78 is 128. The van der Waals surface area contributed by atoms with E-state index in [9.17, 15) is 44.3 Å². The molecular formula is C22H15BrF9NO2. The van der Waals surface area contributed by atoms with Gasteiger partial charge in [-0.3, -0.25) is 9.79 Å². The summed E-state index contributed by atoms with van der Waals surface area (Å²) in [6.45, 7) is -0.0267. The Morgan fingerprint density at radius 3 is 2.00 bits per heavy atom. The zero-order valence-electron chi connectivity index (χ0n) is 17.6. The van der Waals surface area contributed by atoms with Crippen molar-refractivity contribution >= 4 is 27.6 Å².